The predicted octanol–water partition coefficient (Wildman–Crippen LogP) is 4.39. The highest BCUT2D eigenvalue weighted by Crippen LogP contribution is 2.12. The van der Waals surface area contributed by atoms with Crippen LogP contribution in [0.3, 0.4) is 0 Å². The van der Waals surface area contributed by atoms with Crippen molar-refractivity contribution in [3.8, 4) is 5.75 Å². The van der Waals surface area contributed by atoms with Crippen LogP contribution in [0, 0.1) is 0 Å². The number of aromatic hydroxyl groups is 1. The molecule has 3 rings (SSSR count). The molecule has 5 N–H and O–H groups in total. The van der Waals surface area contributed by atoms with Gasteiger partial charge in [-0.15, -0.1) is 0 Å². The lowest BCUT2D eigenvalue weighted by atomic mass is 10.0. The molecular weight excluding hydrogens is 502 g/mol. The first-order chi connectivity index (χ1) is 19.4. The van der Waals surface area contributed by atoms with Gasteiger partial charge in [-0.2, -0.15) is 0 Å². The summed E-state index contributed by atoms with van der Waals surface area (Å²) in [6, 6.07) is 24.5. The minimum atomic E-state index is -0.664. The summed E-state index contributed by atoms with van der Waals surface area (Å²) >= 11 is 0. The number of carbonyl (C=O) groups excluding carboxylic acids is 3. The number of hydrogen-bond acceptors (Lipinski definition) is 5. The summed E-state index contributed by atoms with van der Waals surface area (Å²) < 4.78 is 0. The fourth-order valence-corrected chi connectivity index (χ4v) is 4.48. The highest BCUT2D eigenvalue weighted by atomic mass is 16.3. The fraction of sp³-hybridized carbons (Fsp3) is 0.364. The maximum absolute atomic E-state index is 12.3. The Hall–Kier alpha value is -3.97. The summed E-state index contributed by atoms with van der Waals surface area (Å²) in [5, 5.41) is 14.6. The molecule has 40 heavy (non-hydrogen) atoms. The van der Waals surface area contributed by atoms with Gasteiger partial charge in [-0.05, 0) is 79.3 Å². The smallest absolute Gasteiger partial charge is 0.237 e. The fourth-order valence-electron chi connectivity index (χ4n) is 4.48. The van der Waals surface area contributed by atoms with E-state index in [1.54, 1.807) is 24.3 Å². The number of benzene rings is 3. The minimum Gasteiger partial charge on any atom is -0.508 e. The number of aryl methyl sites for hydroxylation is 2. The van der Waals surface area contributed by atoms with Crippen molar-refractivity contribution in [3.63, 3.8) is 0 Å². The molecule has 1 atom stereocenters. The molecule has 0 unspecified atom stereocenters. The number of carbonyl (C=O) groups is 3. The van der Waals surface area contributed by atoms with Crippen LogP contribution in [-0.2, 0) is 40.1 Å². The molecule has 0 aliphatic rings. The molecule has 0 radical (unpaired) electrons. The van der Waals surface area contributed by atoms with Gasteiger partial charge in [0, 0.05) is 13.0 Å². The Morgan fingerprint density at radius 1 is 0.675 bits per heavy atom. The Bertz CT molecular complexity index is 1190. The number of hydrogen-bond donors (Lipinski definition) is 4. The van der Waals surface area contributed by atoms with Crippen LogP contribution in [0.4, 0.5) is 0 Å². The summed E-state index contributed by atoms with van der Waals surface area (Å²) in [5.41, 5.74) is 10.3. The van der Waals surface area contributed by atoms with Crippen molar-refractivity contribution < 1.29 is 19.5 Å². The number of phenolic OH excluding ortho intramolecular Hbond substituents is 1. The molecule has 212 valence electrons. The van der Waals surface area contributed by atoms with Crippen LogP contribution in [-0.4, -0.2) is 35.4 Å². The molecule has 0 spiro atoms. The molecule has 0 aliphatic carbocycles. The van der Waals surface area contributed by atoms with Crippen molar-refractivity contribution in [3.05, 3.63) is 101 Å². The Morgan fingerprint density at radius 2 is 1.27 bits per heavy atom. The first kappa shape index (κ1) is 30.6. The van der Waals surface area contributed by atoms with E-state index in [0.717, 1.165) is 49.7 Å². The number of amides is 3. The van der Waals surface area contributed by atoms with Gasteiger partial charge in [0.15, 0.2) is 0 Å². The normalized spacial score (nSPS) is 11.5. The summed E-state index contributed by atoms with van der Waals surface area (Å²) in [6.45, 7) is 0.478. The predicted molar refractivity (Wildman–Crippen MR) is 158 cm³/mol. The molecule has 3 amide bonds. The van der Waals surface area contributed by atoms with E-state index < -0.39 is 6.04 Å². The van der Waals surface area contributed by atoms with Crippen LogP contribution in [0.5, 0.6) is 5.75 Å². The number of unbranched alkanes of at least 4 members (excludes halogenated alkanes) is 3. The van der Waals surface area contributed by atoms with E-state index in [1.165, 1.54) is 11.1 Å². The third-order valence-corrected chi connectivity index (χ3v) is 6.80. The summed E-state index contributed by atoms with van der Waals surface area (Å²) in [6.07, 6.45) is 7.28. The Kier molecular flexibility index (Phi) is 12.9. The molecule has 0 fully saturated rings. The molecule has 0 aliphatic heterocycles. The van der Waals surface area contributed by atoms with Gasteiger partial charge in [0.1, 0.15) is 5.75 Å². The molecule has 3 aromatic carbocycles. The Morgan fingerprint density at radius 3 is 1.95 bits per heavy atom. The van der Waals surface area contributed by atoms with E-state index in [2.05, 4.69) is 47.0 Å². The van der Waals surface area contributed by atoms with Crippen LogP contribution >= 0.6 is 0 Å². The lowest BCUT2D eigenvalue weighted by Gasteiger charge is -2.12. The van der Waals surface area contributed by atoms with Crippen LogP contribution in [0.2, 0.25) is 0 Å². The largest absolute Gasteiger partial charge is 0.508 e. The quantitative estimate of drug-likeness (QED) is 0.200. The molecule has 7 nitrogen and oxygen atoms in total. The summed E-state index contributed by atoms with van der Waals surface area (Å²) in [7, 11) is 0. The van der Waals surface area contributed by atoms with E-state index in [-0.39, 0.29) is 36.3 Å². The standard InChI is InChI=1S/C33H41N3O4/c34-30(23-27-18-20-29(37)21-19-27)33(40)35-22-8-2-5-13-31(38)36-32(39)24-28-16-14-26(15-17-28)12-7-6-11-25-9-3-1-4-10-25/h1,3-4,9-10,14-21,30,37H,2,5-8,11-13,22-24,34H2,(H,35,40)(H,36,38,39)/t30-/m0/s1. The van der Waals surface area contributed by atoms with Gasteiger partial charge in [0.2, 0.25) is 17.7 Å². The van der Waals surface area contributed by atoms with Gasteiger partial charge in [-0.1, -0.05) is 73.2 Å². The van der Waals surface area contributed by atoms with Crippen molar-refractivity contribution >= 4 is 17.7 Å². The zero-order valence-electron chi connectivity index (χ0n) is 23.1. The van der Waals surface area contributed by atoms with E-state index >= 15 is 0 Å². The van der Waals surface area contributed by atoms with Gasteiger partial charge in [-0.3, -0.25) is 19.7 Å². The highest BCUT2D eigenvalue weighted by Gasteiger charge is 2.14. The van der Waals surface area contributed by atoms with Gasteiger partial charge >= 0.3 is 0 Å². The molecule has 0 saturated carbocycles. The first-order valence-electron chi connectivity index (χ1n) is 14.1. The van der Waals surface area contributed by atoms with Crippen LogP contribution in [0.1, 0.15) is 60.8 Å². The number of imide groups is 1. The van der Waals surface area contributed by atoms with E-state index in [9.17, 15) is 19.5 Å². The van der Waals surface area contributed by atoms with E-state index in [0.29, 0.717) is 19.4 Å². The minimum absolute atomic E-state index is 0.172. The van der Waals surface area contributed by atoms with Gasteiger partial charge in [0.05, 0.1) is 12.5 Å². The zero-order valence-corrected chi connectivity index (χ0v) is 23.1. The van der Waals surface area contributed by atoms with Crippen LogP contribution < -0.4 is 16.4 Å². The first-order valence-corrected chi connectivity index (χ1v) is 14.1. The lowest BCUT2D eigenvalue weighted by molar-refractivity contribution is -0.130. The topological polar surface area (TPSA) is 122 Å². The van der Waals surface area contributed by atoms with Crippen molar-refractivity contribution in [2.24, 2.45) is 5.73 Å². The second-order valence-electron chi connectivity index (χ2n) is 10.2. The van der Waals surface area contributed by atoms with Gasteiger partial charge in [-0.25, -0.2) is 0 Å². The third kappa shape index (κ3) is 11.8. The van der Waals surface area contributed by atoms with Gasteiger partial charge < -0.3 is 16.2 Å². The Labute approximate surface area is 237 Å². The highest BCUT2D eigenvalue weighted by molar-refractivity contribution is 5.96. The molecule has 0 aromatic heterocycles. The van der Waals surface area contributed by atoms with Gasteiger partial charge in [0.25, 0.3) is 0 Å². The molecule has 0 bridgehead atoms. The molecule has 3 aromatic rings. The third-order valence-electron chi connectivity index (χ3n) is 6.80. The molecule has 0 heterocycles. The van der Waals surface area contributed by atoms with Crippen molar-refractivity contribution in [1.82, 2.24) is 10.6 Å². The molecule has 0 saturated heterocycles. The van der Waals surface area contributed by atoms with Crippen LogP contribution in [0.15, 0.2) is 78.9 Å². The zero-order chi connectivity index (χ0) is 28.6. The average molecular weight is 544 g/mol. The van der Waals surface area contributed by atoms with E-state index in [1.807, 2.05) is 18.2 Å². The number of nitrogens with one attached hydrogen (secondary N) is 2. The van der Waals surface area contributed by atoms with E-state index in [4.69, 9.17) is 5.73 Å². The molecule has 7 heteroatoms. The Balaban J connectivity index is 1.22. The van der Waals surface area contributed by atoms with Crippen molar-refractivity contribution in [2.45, 2.75) is 70.3 Å². The van der Waals surface area contributed by atoms with Crippen molar-refractivity contribution in [2.75, 3.05) is 6.54 Å². The average Bonchev–Trinajstić information content (AvgIpc) is 2.95. The lowest BCUT2D eigenvalue weighted by Crippen LogP contribution is -2.42. The number of rotatable bonds is 16. The monoisotopic (exact) mass is 543 g/mol. The molecular formula is C33H41N3O4. The summed E-state index contributed by atoms with van der Waals surface area (Å²) in [4.78, 5) is 36.6. The summed E-state index contributed by atoms with van der Waals surface area (Å²) in [5.74, 6) is -0.631. The SMILES string of the molecule is N[C@@H](Cc1ccc(O)cc1)C(=O)NCCCCCC(=O)NC(=O)Cc1ccc(CCCCc2ccccc2)cc1. The maximum atomic E-state index is 12.3. The second-order valence-corrected chi connectivity index (χ2v) is 10.2. The van der Waals surface area contributed by atoms with Crippen molar-refractivity contribution in [1.29, 1.82) is 0 Å². The second kappa shape index (κ2) is 16.9. The number of phenols is 1. The van der Waals surface area contributed by atoms with Crippen LogP contribution in [0.25, 0.3) is 0 Å². The maximum Gasteiger partial charge on any atom is 0.237 e. The number of nitrogens with two attached hydrogens (primary N) is 1.